The molecule has 37 heavy (non-hydrogen) atoms. The smallest absolute Gasteiger partial charge is 0.254 e. The molecule has 0 spiro atoms. The molecule has 1 aliphatic heterocycles. The van der Waals surface area contributed by atoms with E-state index in [2.05, 4.69) is 5.32 Å². The van der Waals surface area contributed by atoms with Crippen molar-refractivity contribution in [1.29, 1.82) is 0 Å². The highest BCUT2D eigenvalue weighted by molar-refractivity contribution is 6.05. The Morgan fingerprint density at radius 3 is 1.95 bits per heavy atom. The molecule has 194 valence electrons. The molecule has 9 nitrogen and oxygen atoms in total. The van der Waals surface area contributed by atoms with Gasteiger partial charge in [0.15, 0.2) is 11.5 Å². The van der Waals surface area contributed by atoms with Crippen LogP contribution in [0.25, 0.3) is 0 Å². The van der Waals surface area contributed by atoms with E-state index < -0.39 is 12.0 Å². The van der Waals surface area contributed by atoms with Gasteiger partial charge < -0.3 is 33.9 Å². The second-order valence-corrected chi connectivity index (χ2v) is 8.46. The van der Waals surface area contributed by atoms with Gasteiger partial charge in [-0.05, 0) is 47.5 Å². The van der Waals surface area contributed by atoms with Gasteiger partial charge in [-0.2, -0.15) is 0 Å². The Labute approximate surface area is 215 Å². The highest BCUT2D eigenvalue weighted by atomic mass is 16.5. The Morgan fingerprint density at radius 2 is 1.35 bits per heavy atom. The number of nitrogens with one attached hydrogen (secondary N) is 1. The van der Waals surface area contributed by atoms with Gasteiger partial charge in [0.05, 0.1) is 53.2 Å². The number of ether oxygens (including phenoxy) is 5. The first-order valence-corrected chi connectivity index (χ1v) is 11.6. The number of hydrogen-bond acceptors (Lipinski definition) is 7. The van der Waals surface area contributed by atoms with Gasteiger partial charge in [-0.25, -0.2) is 0 Å². The molecule has 9 heteroatoms. The number of anilines is 1. The van der Waals surface area contributed by atoms with Crippen molar-refractivity contribution in [3.63, 3.8) is 0 Å². The fraction of sp³-hybridized carbons (Fsp3) is 0.286. The summed E-state index contributed by atoms with van der Waals surface area (Å²) in [4.78, 5) is 29.1. The number of carbonyl (C=O) groups excluding carboxylic acids is 2. The van der Waals surface area contributed by atoms with Crippen LogP contribution in [-0.4, -0.2) is 59.3 Å². The SMILES string of the molecule is COc1ccc(C2C(C(=O)Nc3ccc(OC)cc3OC)c3cc(OC)c(OC)cc3C(=O)N2C)cc1. The summed E-state index contributed by atoms with van der Waals surface area (Å²) in [5, 5.41) is 2.99. The lowest BCUT2D eigenvalue weighted by Gasteiger charge is -2.40. The second-order valence-electron chi connectivity index (χ2n) is 8.46. The topological polar surface area (TPSA) is 95.6 Å². The van der Waals surface area contributed by atoms with Crippen LogP contribution >= 0.6 is 0 Å². The van der Waals surface area contributed by atoms with E-state index in [1.54, 1.807) is 68.6 Å². The first-order valence-electron chi connectivity index (χ1n) is 11.6. The number of benzene rings is 3. The molecule has 4 rings (SSSR count). The first-order chi connectivity index (χ1) is 17.9. The second kappa shape index (κ2) is 10.7. The summed E-state index contributed by atoms with van der Waals surface area (Å²) < 4.78 is 27.0. The first kappa shape index (κ1) is 25.7. The molecule has 1 heterocycles. The van der Waals surface area contributed by atoms with E-state index in [9.17, 15) is 9.59 Å². The summed E-state index contributed by atoms with van der Waals surface area (Å²) in [6.45, 7) is 0. The van der Waals surface area contributed by atoms with Crippen LogP contribution < -0.4 is 29.0 Å². The van der Waals surface area contributed by atoms with Gasteiger partial charge >= 0.3 is 0 Å². The molecule has 2 unspecified atom stereocenters. The highest BCUT2D eigenvalue weighted by Crippen LogP contribution is 2.46. The van der Waals surface area contributed by atoms with E-state index in [1.165, 1.54) is 21.3 Å². The molecule has 0 saturated carbocycles. The Morgan fingerprint density at radius 1 is 0.757 bits per heavy atom. The average Bonchev–Trinajstić information content (AvgIpc) is 2.94. The van der Waals surface area contributed by atoms with E-state index in [4.69, 9.17) is 23.7 Å². The van der Waals surface area contributed by atoms with Crippen LogP contribution in [0, 0.1) is 0 Å². The van der Waals surface area contributed by atoms with Gasteiger partial charge in [0.1, 0.15) is 17.2 Å². The van der Waals surface area contributed by atoms with Crippen LogP contribution in [0.1, 0.15) is 33.4 Å². The Hall–Kier alpha value is -4.40. The monoisotopic (exact) mass is 506 g/mol. The van der Waals surface area contributed by atoms with Crippen molar-refractivity contribution < 1.29 is 33.3 Å². The summed E-state index contributed by atoms with van der Waals surface area (Å²) in [5.41, 5.74) is 2.15. The zero-order chi connectivity index (χ0) is 26.7. The molecule has 0 saturated heterocycles. The van der Waals surface area contributed by atoms with E-state index in [0.717, 1.165) is 5.56 Å². The van der Waals surface area contributed by atoms with Crippen LogP contribution in [0.5, 0.6) is 28.7 Å². The summed E-state index contributed by atoms with van der Waals surface area (Å²) in [6.07, 6.45) is 0. The average molecular weight is 507 g/mol. The molecule has 1 aliphatic rings. The number of nitrogens with zero attached hydrogens (tertiary/aromatic N) is 1. The zero-order valence-corrected chi connectivity index (χ0v) is 21.7. The predicted octanol–water partition coefficient (Wildman–Crippen LogP) is 4.28. The van der Waals surface area contributed by atoms with Gasteiger partial charge in [0, 0.05) is 18.7 Å². The van der Waals surface area contributed by atoms with E-state index in [-0.39, 0.29) is 11.8 Å². The largest absolute Gasteiger partial charge is 0.497 e. The van der Waals surface area contributed by atoms with Crippen molar-refractivity contribution >= 4 is 17.5 Å². The maximum Gasteiger partial charge on any atom is 0.254 e. The predicted molar refractivity (Wildman–Crippen MR) is 138 cm³/mol. The van der Waals surface area contributed by atoms with Crippen LogP contribution in [0.3, 0.4) is 0 Å². The highest BCUT2D eigenvalue weighted by Gasteiger charge is 2.43. The molecular formula is C28H30N2O7. The van der Waals surface area contributed by atoms with Crippen molar-refractivity contribution in [1.82, 2.24) is 4.90 Å². The lowest BCUT2D eigenvalue weighted by molar-refractivity contribution is -0.119. The molecule has 0 aliphatic carbocycles. The minimum Gasteiger partial charge on any atom is -0.497 e. The minimum atomic E-state index is -0.780. The molecular weight excluding hydrogens is 476 g/mol. The fourth-order valence-corrected chi connectivity index (χ4v) is 4.66. The van der Waals surface area contributed by atoms with Crippen LogP contribution in [0.4, 0.5) is 5.69 Å². The van der Waals surface area contributed by atoms with Crippen molar-refractivity contribution in [2.45, 2.75) is 12.0 Å². The number of amides is 2. The number of hydrogen-bond donors (Lipinski definition) is 1. The maximum absolute atomic E-state index is 14.0. The maximum atomic E-state index is 14.0. The van der Waals surface area contributed by atoms with E-state index >= 15 is 0 Å². The van der Waals surface area contributed by atoms with Crippen molar-refractivity contribution in [2.75, 3.05) is 47.9 Å². The van der Waals surface area contributed by atoms with E-state index in [0.29, 0.717) is 45.6 Å². The third kappa shape index (κ3) is 4.72. The van der Waals surface area contributed by atoms with Crippen molar-refractivity contribution in [3.8, 4) is 28.7 Å². The van der Waals surface area contributed by atoms with Crippen LogP contribution in [0.15, 0.2) is 54.6 Å². The van der Waals surface area contributed by atoms with Gasteiger partial charge in [-0.1, -0.05) is 12.1 Å². The van der Waals surface area contributed by atoms with Crippen LogP contribution in [0.2, 0.25) is 0 Å². The molecule has 0 aromatic heterocycles. The molecule has 3 aromatic carbocycles. The normalized spacial score (nSPS) is 16.5. The zero-order valence-electron chi connectivity index (χ0n) is 21.7. The number of fused-ring (bicyclic) bond motifs is 1. The molecule has 1 N–H and O–H groups in total. The van der Waals surface area contributed by atoms with Crippen molar-refractivity contribution in [2.24, 2.45) is 0 Å². The molecule has 0 radical (unpaired) electrons. The van der Waals surface area contributed by atoms with Crippen molar-refractivity contribution in [3.05, 3.63) is 71.3 Å². The molecule has 3 aromatic rings. The third-order valence-electron chi connectivity index (χ3n) is 6.58. The van der Waals surface area contributed by atoms with E-state index in [1.807, 2.05) is 12.1 Å². The molecule has 2 amide bonds. The summed E-state index contributed by atoms with van der Waals surface area (Å²) in [7, 11) is 9.36. The number of likely N-dealkylation sites (N-methyl/N-ethyl adjacent to an activating group) is 1. The number of carbonyl (C=O) groups is 2. The Kier molecular flexibility index (Phi) is 7.42. The lowest BCUT2D eigenvalue weighted by Crippen LogP contribution is -2.44. The lowest BCUT2D eigenvalue weighted by atomic mass is 9.79. The fourth-order valence-electron chi connectivity index (χ4n) is 4.66. The summed E-state index contributed by atoms with van der Waals surface area (Å²) in [6, 6.07) is 15.2. The van der Waals surface area contributed by atoms with Gasteiger partial charge in [0.2, 0.25) is 5.91 Å². The molecule has 2 atom stereocenters. The standard InChI is InChI=1S/C28H30N2O7/c1-30-26(16-7-9-17(33-2)10-8-16)25(19-14-23(36-5)24(37-6)15-20(19)28(30)32)27(31)29-21-12-11-18(34-3)13-22(21)35-4/h7-15,25-26H,1-6H3,(H,29,31). The van der Waals surface area contributed by atoms with Gasteiger partial charge in [-0.15, -0.1) is 0 Å². The minimum absolute atomic E-state index is 0.233. The molecule has 0 fully saturated rings. The van der Waals surface area contributed by atoms with Crippen LogP contribution in [-0.2, 0) is 4.79 Å². The molecule has 0 bridgehead atoms. The van der Waals surface area contributed by atoms with Gasteiger partial charge in [-0.3, -0.25) is 9.59 Å². The Bertz CT molecular complexity index is 1310. The summed E-state index contributed by atoms with van der Waals surface area (Å²) in [5.74, 6) is 1.20. The quantitative estimate of drug-likeness (QED) is 0.487. The number of rotatable bonds is 8. The third-order valence-corrected chi connectivity index (χ3v) is 6.58. The summed E-state index contributed by atoms with van der Waals surface area (Å²) >= 11 is 0. The van der Waals surface area contributed by atoms with Gasteiger partial charge in [0.25, 0.3) is 5.91 Å². The number of methoxy groups -OCH3 is 5. The Balaban J connectivity index is 1.86.